The summed E-state index contributed by atoms with van der Waals surface area (Å²) in [5.74, 6) is -0.875. The minimum Gasteiger partial charge on any atom is -0.481 e. The quantitative estimate of drug-likeness (QED) is 0.829. The summed E-state index contributed by atoms with van der Waals surface area (Å²) < 4.78 is 5.47. The molecule has 1 amide bonds. The molecule has 0 unspecified atom stereocenters. The van der Waals surface area contributed by atoms with Crippen LogP contribution in [0.2, 0.25) is 0 Å². The molecule has 1 saturated heterocycles. The average Bonchev–Trinajstić information content (AvgIpc) is 2.68. The monoisotopic (exact) mass is 396 g/mol. The average molecular weight is 396 g/mol. The molecule has 1 atom stereocenters. The number of ether oxygens (including phenoxy) is 1. The van der Waals surface area contributed by atoms with Crippen molar-refractivity contribution in [2.24, 2.45) is 5.41 Å². The van der Waals surface area contributed by atoms with Crippen molar-refractivity contribution in [3.05, 3.63) is 54.4 Å². The zero-order valence-electron chi connectivity index (χ0n) is 17.2. The number of benzene rings is 1. The van der Waals surface area contributed by atoms with Crippen LogP contribution in [-0.4, -0.2) is 45.7 Å². The molecule has 6 heteroatoms. The van der Waals surface area contributed by atoms with E-state index in [1.165, 1.54) is 4.90 Å². The maximum Gasteiger partial charge on any atom is 0.410 e. The van der Waals surface area contributed by atoms with Gasteiger partial charge in [-0.3, -0.25) is 9.78 Å². The fraction of sp³-hybridized carbons (Fsp3) is 0.435. The Morgan fingerprint density at radius 1 is 1.17 bits per heavy atom. The Hall–Kier alpha value is -2.89. The summed E-state index contributed by atoms with van der Waals surface area (Å²) in [6, 6.07) is 11.8. The number of pyridine rings is 1. The molecule has 0 spiro atoms. The molecule has 1 aromatic heterocycles. The molecule has 29 heavy (non-hydrogen) atoms. The molecule has 6 nitrogen and oxygen atoms in total. The van der Waals surface area contributed by atoms with Crippen LogP contribution in [0, 0.1) is 5.41 Å². The number of carbonyl (C=O) groups is 2. The molecule has 0 bridgehead atoms. The lowest BCUT2D eigenvalue weighted by Gasteiger charge is -2.40. The van der Waals surface area contributed by atoms with E-state index in [1.807, 2.05) is 57.2 Å². The Bertz CT molecular complexity index is 876. The van der Waals surface area contributed by atoms with Gasteiger partial charge in [-0.2, -0.15) is 0 Å². The van der Waals surface area contributed by atoms with Crippen molar-refractivity contribution in [1.82, 2.24) is 9.88 Å². The van der Waals surface area contributed by atoms with E-state index in [4.69, 9.17) is 4.74 Å². The van der Waals surface area contributed by atoms with Gasteiger partial charge in [-0.1, -0.05) is 24.3 Å². The third kappa shape index (κ3) is 5.13. The summed E-state index contributed by atoms with van der Waals surface area (Å²) >= 11 is 0. The fourth-order valence-corrected chi connectivity index (χ4v) is 3.80. The number of carboxylic acid groups (broad SMARTS) is 1. The molecule has 0 radical (unpaired) electrons. The maximum atomic E-state index is 12.5. The molecule has 1 fully saturated rings. The molecule has 2 aromatic rings. The van der Waals surface area contributed by atoms with E-state index >= 15 is 0 Å². The second-order valence-corrected chi connectivity index (χ2v) is 8.70. The molecular weight excluding hydrogens is 368 g/mol. The van der Waals surface area contributed by atoms with Gasteiger partial charge in [-0.05, 0) is 68.9 Å². The highest BCUT2D eigenvalue weighted by molar-refractivity contribution is 5.77. The maximum absolute atomic E-state index is 12.5. The molecule has 3 rings (SSSR count). The summed E-state index contributed by atoms with van der Waals surface area (Å²) in [5.41, 5.74) is 1.36. The number of rotatable bonds is 4. The predicted octanol–water partition coefficient (Wildman–Crippen LogP) is 4.39. The van der Waals surface area contributed by atoms with E-state index in [-0.39, 0.29) is 6.54 Å². The van der Waals surface area contributed by atoms with Crippen LogP contribution in [-0.2, 0) is 16.0 Å². The second-order valence-electron chi connectivity index (χ2n) is 8.70. The zero-order valence-corrected chi connectivity index (χ0v) is 17.2. The van der Waals surface area contributed by atoms with E-state index in [1.54, 1.807) is 12.4 Å². The van der Waals surface area contributed by atoms with Crippen molar-refractivity contribution in [2.75, 3.05) is 13.1 Å². The van der Waals surface area contributed by atoms with E-state index in [9.17, 15) is 14.7 Å². The molecular formula is C23H28N2O4. The van der Waals surface area contributed by atoms with Crippen molar-refractivity contribution < 1.29 is 19.4 Å². The Balaban J connectivity index is 1.83. The Morgan fingerprint density at radius 2 is 1.90 bits per heavy atom. The first-order valence-electron chi connectivity index (χ1n) is 9.89. The van der Waals surface area contributed by atoms with E-state index in [2.05, 4.69) is 4.98 Å². The van der Waals surface area contributed by atoms with Crippen molar-refractivity contribution in [3.63, 3.8) is 0 Å². The fourth-order valence-electron chi connectivity index (χ4n) is 3.80. The van der Waals surface area contributed by atoms with Gasteiger partial charge in [-0.15, -0.1) is 0 Å². The first-order chi connectivity index (χ1) is 13.7. The van der Waals surface area contributed by atoms with E-state index < -0.39 is 23.1 Å². The summed E-state index contributed by atoms with van der Waals surface area (Å²) in [6.45, 7) is 6.09. The molecule has 1 aliphatic heterocycles. The molecule has 0 aliphatic carbocycles. The molecule has 2 heterocycles. The lowest BCUT2D eigenvalue weighted by atomic mass is 9.75. The number of piperidine rings is 1. The molecule has 1 aliphatic rings. The lowest BCUT2D eigenvalue weighted by molar-refractivity contribution is -0.152. The number of aromatic nitrogens is 1. The van der Waals surface area contributed by atoms with Crippen LogP contribution in [0.1, 0.15) is 39.2 Å². The summed E-state index contributed by atoms with van der Waals surface area (Å²) in [6.07, 6.45) is 4.55. The van der Waals surface area contributed by atoms with Crippen LogP contribution >= 0.6 is 0 Å². The lowest BCUT2D eigenvalue weighted by Crippen LogP contribution is -2.52. The third-order valence-corrected chi connectivity index (χ3v) is 5.17. The van der Waals surface area contributed by atoms with Gasteiger partial charge in [0, 0.05) is 25.5 Å². The largest absolute Gasteiger partial charge is 0.481 e. The highest BCUT2D eigenvalue weighted by Gasteiger charge is 2.44. The Labute approximate surface area is 171 Å². The number of amides is 1. The van der Waals surface area contributed by atoms with Crippen molar-refractivity contribution in [3.8, 4) is 11.1 Å². The number of hydrogen-bond donors (Lipinski definition) is 1. The number of nitrogens with zero attached hydrogens (tertiary/aromatic N) is 2. The van der Waals surface area contributed by atoms with Gasteiger partial charge in [0.1, 0.15) is 5.60 Å². The van der Waals surface area contributed by atoms with Gasteiger partial charge < -0.3 is 14.7 Å². The van der Waals surface area contributed by atoms with Crippen LogP contribution in [0.4, 0.5) is 4.79 Å². The first kappa shape index (κ1) is 20.8. The number of carbonyl (C=O) groups excluding carboxylic acids is 1. The molecule has 154 valence electrons. The van der Waals surface area contributed by atoms with Crippen LogP contribution in [0.5, 0.6) is 0 Å². The number of aliphatic carboxylic acids is 1. The van der Waals surface area contributed by atoms with Crippen LogP contribution < -0.4 is 0 Å². The van der Waals surface area contributed by atoms with E-state index in [0.29, 0.717) is 25.8 Å². The highest BCUT2D eigenvalue weighted by atomic mass is 16.6. The summed E-state index contributed by atoms with van der Waals surface area (Å²) in [7, 11) is 0. The first-order valence-corrected chi connectivity index (χ1v) is 9.89. The Kier molecular flexibility index (Phi) is 5.91. The molecule has 1 N–H and O–H groups in total. The van der Waals surface area contributed by atoms with Crippen molar-refractivity contribution in [1.29, 1.82) is 0 Å². The third-order valence-electron chi connectivity index (χ3n) is 5.17. The van der Waals surface area contributed by atoms with Gasteiger partial charge >= 0.3 is 12.1 Å². The van der Waals surface area contributed by atoms with Crippen molar-refractivity contribution >= 4 is 12.1 Å². The number of carboxylic acids is 1. The van der Waals surface area contributed by atoms with Gasteiger partial charge in [0.05, 0.1) is 5.41 Å². The standard InChI is InChI=1S/C23H28N2O4/c1-22(2,3)29-21(28)25-13-5-10-23(16-25,20(26)27)15-17-6-4-7-19(14-17)18-8-11-24-12-9-18/h4,6-9,11-12,14H,5,10,13,15-16H2,1-3H3,(H,26,27)/t23-/m0/s1. The predicted molar refractivity (Wildman–Crippen MR) is 110 cm³/mol. The van der Waals surface area contributed by atoms with Crippen LogP contribution in [0.15, 0.2) is 48.8 Å². The van der Waals surface area contributed by atoms with Crippen LogP contribution in [0.25, 0.3) is 11.1 Å². The normalized spacial score (nSPS) is 19.6. The Morgan fingerprint density at radius 3 is 2.55 bits per heavy atom. The number of likely N-dealkylation sites (tertiary alicyclic amines) is 1. The van der Waals surface area contributed by atoms with Gasteiger partial charge in [0.15, 0.2) is 0 Å². The zero-order chi connectivity index (χ0) is 21.1. The SMILES string of the molecule is CC(C)(C)OC(=O)N1CCC[C@@](Cc2cccc(-c3ccncc3)c2)(C(=O)O)C1. The highest BCUT2D eigenvalue weighted by Crippen LogP contribution is 2.35. The van der Waals surface area contributed by atoms with Gasteiger partial charge in [0.2, 0.25) is 0 Å². The molecule has 0 saturated carbocycles. The number of hydrogen-bond acceptors (Lipinski definition) is 4. The smallest absolute Gasteiger partial charge is 0.410 e. The summed E-state index contributed by atoms with van der Waals surface area (Å²) in [4.78, 5) is 30.4. The van der Waals surface area contributed by atoms with E-state index in [0.717, 1.165) is 16.7 Å². The minimum absolute atomic E-state index is 0.150. The second kappa shape index (κ2) is 8.23. The minimum atomic E-state index is -1.02. The van der Waals surface area contributed by atoms with Crippen LogP contribution in [0.3, 0.4) is 0 Å². The van der Waals surface area contributed by atoms with Gasteiger partial charge in [0.25, 0.3) is 0 Å². The van der Waals surface area contributed by atoms with Crippen molar-refractivity contribution in [2.45, 2.75) is 45.6 Å². The summed E-state index contributed by atoms with van der Waals surface area (Å²) in [5, 5.41) is 10.1. The van der Waals surface area contributed by atoms with Gasteiger partial charge in [-0.25, -0.2) is 4.79 Å². The molecule has 1 aromatic carbocycles. The topological polar surface area (TPSA) is 79.7 Å².